The molecule has 0 saturated heterocycles. The molecule has 0 bridgehead atoms. The van der Waals surface area contributed by atoms with E-state index in [1.165, 1.54) is 0 Å². The molecular formula is C15H22N2O. The van der Waals surface area contributed by atoms with Crippen molar-refractivity contribution >= 4 is 5.91 Å². The van der Waals surface area contributed by atoms with Crippen LogP contribution in [0.3, 0.4) is 0 Å². The predicted octanol–water partition coefficient (Wildman–Crippen LogP) is 3.01. The van der Waals surface area contributed by atoms with Crippen molar-refractivity contribution in [3.8, 4) is 0 Å². The van der Waals surface area contributed by atoms with E-state index < -0.39 is 0 Å². The summed E-state index contributed by atoms with van der Waals surface area (Å²) in [5.74, 6) is 0.508. The minimum Gasteiger partial charge on any atom is -0.335 e. The van der Waals surface area contributed by atoms with Crippen LogP contribution in [0.25, 0.3) is 0 Å². The molecule has 1 aromatic heterocycles. The van der Waals surface area contributed by atoms with Crippen molar-refractivity contribution in [2.45, 2.75) is 52.1 Å². The van der Waals surface area contributed by atoms with Crippen molar-refractivity contribution < 1.29 is 4.79 Å². The van der Waals surface area contributed by atoms with Crippen molar-refractivity contribution in [1.82, 2.24) is 9.88 Å². The van der Waals surface area contributed by atoms with E-state index in [0.717, 1.165) is 31.2 Å². The SMILES string of the molecule is CCC(CC)C(=O)N(Cc1cccnc1)C1CC1. The fourth-order valence-electron chi connectivity index (χ4n) is 2.33. The average molecular weight is 246 g/mol. The van der Waals surface area contributed by atoms with Crippen LogP contribution in [0.4, 0.5) is 0 Å². The van der Waals surface area contributed by atoms with Crippen LogP contribution in [0.15, 0.2) is 24.5 Å². The van der Waals surface area contributed by atoms with E-state index in [-0.39, 0.29) is 5.92 Å². The Hall–Kier alpha value is -1.38. The normalized spacial score (nSPS) is 14.8. The average Bonchev–Trinajstić information content (AvgIpc) is 3.23. The maximum absolute atomic E-state index is 12.5. The standard InChI is InChI=1S/C15H22N2O/c1-3-13(4-2)15(18)17(14-7-8-14)11-12-6-5-9-16-10-12/h5-6,9-10,13-14H,3-4,7-8,11H2,1-2H3. The molecule has 98 valence electrons. The zero-order valence-corrected chi connectivity index (χ0v) is 11.3. The lowest BCUT2D eigenvalue weighted by atomic mass is 10.0. The molecule has 0 atom stereocenters. The van der Waals surface area contributed by atoms with Gasteiger partial charge in [0, 0.05) is 30.9 Å². The summed E-state index contributed by atoms with van der Waals surface area (Å²) >= 11 is 0. The predicted molar refractivity (Wildman–Crippen MR) is 71.9 cm³/mol. The number of carbonyl (C=O) groups excluding carboxylic acids is 1. The first-order valence-electron chi connectivity index (χ1n) is 6.95. The van der Waals surface area contributed by atoms with Gasteiger partial charge in [0.2, 0.25) is 5.91 Å². The molecule has 1 fully saturated rings. The number of nitrogens with zero attached hydrogens (tertiary/aromatic N) is 2. The van der Waals surface area contributed by atoms with Crippen LogP contribution in [-0.4, -0.2) is 21.8 Å². The van der Waals surface area contributed by atoms with E-state index in [1.54, 1.807) is 6.20 Å². The van der Waals surface area contributed by atoms with Crippen LogP contribution in [-0.2, 0) is 11.3 Å². The number of carbonyl (C=O) groups is 1. The van der Waals surface area contributed by atoms with Crippen LogP contribution < -0.4 is 0 Å². The number of pyridine rings is 1. The molecule has 0 unspecified atom stereocenters. The quantitative estimate of drug-likeness (QED) is 0.773. The molecule has 1 heterocycles. The first-order chi connectivity index (χ1) is 8.76. The third-order valence-electron chi connectivity index (χ3n) is 3.68. The Morgan fingerprint density at radius 1 is 1.44 bits per heavy atom. The maximum Gasteiger partial charge on any atom is 0.226 e. The van der Waals surface area contributed by atoms with Crippen LogP contribution in [0, 0.1) is 5.92 Å². The number of hydrogen-bond donors (Lipinski definition) is 0. The molecule has 0 aliphatic heterocycles. The van der Waals surface area contributed by atoms with E-state index >= 15 is 0 Å². The Balaban J connectivity index is 2.06. The summed E-state index contributed by atoms with van der Waals surface area (Å²) in [4.78, 5) is 18.7. The monoisotopic (exact) mass is 246 g/mol. The summed E-state index contributed by atoms with van der Waals surface area (Å²) in [5.41, 5.74) is 1.13. The number of aromatic nitrogens is 1. The Bertz CT molecular complexity index is 383. The van der Waals surface area contributed by atoms with Crippen molar-refractivity contribution in [2.24, 2.45) is 5.92 Å². The Labute approximate surface area is 109 Å². The minimum absolute atomic E-state index is 0.183. The van der Waals surface area contributed by atoms with Gasteiger partial charge in [0.15, 0.2) is 0 Å². The molecule has 1 saturated carbocycles. The second-order valence-electron chi connectivity index (χ2n) is 5.07. The van der Waals surface area contributed by atoms with Crippen LogP contribution in [0.2, 0.25) is 0 Å². The molecule has 3 nitrogen and oxygen atoms in total. The highest BCUT2D eigenvalue weighted by molar-refractivity contribution is 5.79. The molecule has 0 N–H and O–H groups in total. The van der Waals surface area contributed by atoms with Gasteiger partial charge < -0.3 is 4.90 Å². The van der Waals surface area contributed by atoms with E-state index in [9.17, 15) is 4.79 Å². The molecule has 0 radical (unpaired) electrons. The highest BCUT2D eigenvalue weighted by Crippen LogP contribution is 2.30. The molecule has 1 aliphatic rings. The first kappa shape index (κ1) is 13.1. The van der Waals surface area contributed by atoms with Gasteiger partial charge in [-0.25, -0.2) is 0 Å². The van der Waals surface area contributed by atoms with E-state index in [1.807, 2.05) is 18.3 Å². The number of hydrogen-bond acceptors (Lipinski definition) is 2. The fourth-order valence-corrected chi connectivity index (χ4v) is 2.33. The van der Waals surface area contributed by atoms with Crippen molar-refractivity contribution in [3.63, 3.8) is 0 Å². The maximum atomic E-state index is 12.5. The third kappa shape index (κ3) is 3.09. The van der Waals surface area contributed by atoms with Crippen LogP contribution in [0.1, 0.15) is 45.1 Å². The highest BCUT2D eigenvalue weighted by Gasteiger charge is 2.34. The molecule has 1 amide bonds. The van der Waals surface area contributed by atoms with Gasteiger partial charge in [0.1, 0.15) is 0 Å². The summed E-state index contributed by atoms with van der Waals surface area (Å²) in [6.45, 7) is 4.91. The number of rotatable bonds is 6. The van der Waals surface area contributed by atoms with Gasteiger partial charge in [0.05, 0.1) is 0 Å². The molecule has 18 heavy (non-hydrogen) atoms. The fraction of sp³-hybridized carbons (Fsp3) is 0.600. The minimum atomic E-state index is 0.183. The zero-order chi connectivity index (χ0) is 13.0. The molecule has 0 spiro atoms. The second kappa shape index (κ2) is 5.98. The molecule has 0 aromatic carbocycles. The lowest BCUT2D eigenvalue weighted by molar-refractivity contribution is -0.137. The summed E-state index contributed by atoms with van der Waals surface area (Å²) in [5, 5.41) is 0. The first-order valence-corrected chi connectivity index (χ1v) is 6.95. The molecule has 1 aliphatic carbocycles. The van der Waals surface area contributed by atoms with Gasteiger partial charge >= 0.3 is 0 Å². The van der Waals surface area contributed by atoms with Crippen molar-refractivity contribution in [3.05, 3.63) is 30.1 Å². The Morgan fingerprint density at radius 2 is 2.17 bits per heavy atom. The van der Waals surface area contributed by atoms with Gasteiger partial charge in [-0.1, -0.05) is 19.9 Å². The topological polar surface area (TPSA) is 33.2 Å². The van der Waals surface area contributed by atoms with Gasteiger partial charge in [0.25, 0.3) is 0 Å². The third-order valence-corrected chi connectivity index (χ3v) is 3.68. The highest BCUT2D eigenvalue weighted by atomic mass is 16.2. The van der Waals surface area contributed by atoms with E-state index in [4.69, 9.17) is 0 Å². The lowest BCUT2D eigenvalue weighted by Crippen LogP contribution is -2.37. The molecule has 1 aromatic rings. The Kier molecular flexibility index (Phi) is 4.34. The number of amides is 1. The Morgan fingerprint density at radius 3 is 2.67 bits per heavy atom. The lowest BCUT2D eigenvalue weighted by Gasteiger charge is -2.26. The molecular weight excluding hydrogens is 224 g/mol. The van der Waals surface area contributed by atoms with Crippen molar-refractivity contribution in [1.29, 1.82) is 0 Å². The van der Waals surface area contributed by atoms with Gasteiger partial charge in [-0.2, -0.15) is 0 Å². The van der Waals surface area contributed by atoms with Gasteiger partial charge in [-0.05, 0) is 37.3 Å². The van der Waals surface area contributed by atoms with Crippen LogP contribution >= 0.6 is 0 Å². The largest absolute Gasteiger partial charge is 0.335 e. The van der Waals surface area contributed by atoms with E-state index in [2.05, 4.69) is 23.7 Å². The van der Waals surface area contributed by atoms with E-state index in [0.29, 0.717) is 18.5 Å². The summed E-state index contributed by atoms with van der Waals surface area (Å²) in [6, 6.07) is 4.45. The van der Waals surface area contributed by atoms with Crippen molar-refractivity contribution in [2.75, 3.05) is 0 Å². The summed E-state index contributed by atoms with van der Waals surface area (Å²) in [7, 11) is 0. The molecule has 3 heteroatoms. The summed E-state index contributed by atoms with van der Waals surface area (Å²) < 4.78 is 0. The van der Waals surface area contributed by atoms with Gasteiger partial charge in [-0.3, -0.25) is 9.78 Å². The summed E-state index contributed by atoms with van der Waals surface area (Å²) in [6.07, 6.45) is 7.82. The molecule has 2 rings (SSSR count). The van der Waals surface area contributed by atoms with Crippen LogP contribution in [0.5, 0.6) is 0 Å². The smallest absolute Gasteiger partial charge is 0.226 e. The second-order valence-corrected chi connectivity index (χ2v) is 5.07. The van der Waals surface area contributed by atoms with Gasteiger partial charge in [-0.15, -0.1) is 0 Å². The zero-order valence-electron chi connectivity index (χ0n) is 11.3.